The number of nitrogens with two attached hydrogens (primary N) is 1. The van der Waals surface area contributed by atoms with Gasteiger partial charge in [0.1, 0.15) is 0 Å². The van der Waals surface area contributed by atoms with E-state index in [0.29, 0.717) is 12.5 Å². The van der Waals surface area contributed by atoms with Crippen LogP contribution in [0.1, 0.15) is 57.4 Å². The van der Waals surface area contributed by atoms with Gasteiger partial charge < -0.3 is 10.8 Å². The minimum absolute atomic E-state index is 0.0630. The van der Waals surface area contributed by atoms with Crippen molar-refractivity contribution >= 4 is 0 Å². The predicted octanol–water partition coefficient (Wildman–Crippen LogP) is 3.70. The standard InChI is InChI=1S/C18H29NO/c1-14(2)12-18(10-6-7-11-18)17(20)16(13-19)15-8-4-3-5-9-15/h3-5,8-9,14,16-17,20H,6-7,10-13,19H2,1-2H3. The van der Waals surface area contributed by atoms with Gasteiger partial charge in [-0.3, -0.25) is 0 Å². The van der Waals surface area contributed by atoms with Crippen LogP contribution in [0.2, 0.25) is 0 Å². The minimum atomic E-state index is -0.320. The van der Waals surface area contributed by atoms with Crippen LogP contribution in [0.4, 0.5) is 0 Å². The molecule has 2 heteroatoms. The molecule has 2 unspecified atom stereocenters. The molecule has 20 heavy (non-hydrogen) atoms. The highest BCUT2D eigenvalue weighted by molar-refractivity contribution is 5.22. The highest BCUT2D eigenvalue weighted by Gasteiger charge is 2.44. The molecule has 2 nitrogen and oxygen atoms in total. The van der Waals surface area contributed by atoms with Crippen molar-refractivity contribution < 1.29 is 5.11 Å². The van der Waals surface area contributed by atoms with Crippen LogP contribution in [-0.4, -0.2) is 17.8 Å². The second-order valence-electron chi connectivity index (χ2n) is 6.87. The summed E-state index contributed by atoms with van der Waals surface area (Å²) in [6, 6.07) is 10.3. The third kappa shape index (κ3) is 3.24. The Balaban J connectivity index is 2.23. The summed E-state index contributed by atoms with van der Waals surface area (Å²) < 4.78 is 0. The molecule has 1 aliphatic rings. The van der Waals surface area contributed by atoms with Gasteiger partial charge in [-0.05, 0) is 36.2 Å². The Morgan fingerprint density at radius 2 is 1.75 bits per heavy atom. The van der Waals surface area contributed by atoms with Crippen molar-refractivity contribution in [3.63, 3.8) is 0 Å². The van der Waals surface area contributed by atoms with Crippen LogP contribution in [0.3, 0.4) is 0 Å². The summed E-state index contributed by atoms with van der Waals surface area (Å²) in [7, 11) is 0. The first kappa shape index (κ1) is 15.5. The van der Waals surface area contributed by atoms with E-state index in [4.69, 9.17) is 5.73 Å². The molecule has 0 aliphatic heterocycles. The average Bonchev–Trinajstić information content (AvgIpc) is 2.89. The van der Waals surface area contributed by atoms with Crippen LogP contribution in [0.25, 0.3) is 0 Å². The van der Waals surface area contributed by atoms with Crippen LogP contribution in [0.15, 0.2) is 30.3 Å². The zero-order chi connectivity index (χ0) is 14.6. The Morgan fingerprint density at radius 1 is 1.15 bits per heavy atom. The van der Waals surface area contributed by atoms with Gasteiger partial charge >= 0.3 is 0 Å². The van der Waals surface area contributed by atoms with Gasteiger partial charge in [0.15, 0.2) is 0 Å². The summed E-state index contributed by atoms with van der Waals surface area (Å²) in [6.07, 6.45) is 5.58. The summed E-state index contributed by atoms with van der Waals surface area (Å²) in [5, 5.41) is 11.1. The van der Waals surface area contributed by atoms with Crippen molar-refractivity contribution in [3.8, 4) is 0 Å². The van der Waals surface area contributed by atoms with Crippen LogP contribution in [-0.2, 0) is 0 Å². The lowest BCUT2D eigenvalue weighted by Gasteiger charge is -2.40. The number of rotatable bonds is 6. The Hall–Kier alpha value is -0.860. The van der Waals surface area contributed by atoms with Gasteiger partial charge in [0.25, 0.3) is 0 Å². The van der Waals surface area contributed by atoms with Gasteiger partial charge in [-0.2, -0.15) is 0 Å². The minimum Gasteiger partial charge on any atom is -0.392 e. The van der Waals surface area contributed by atoms with Gasteiger partial charge in [0.05, 0.1) is 6.10 Å². The van der Waals surface area contributed by atoms with Gasteiger partial charge in [-0.25, -0.2) is 0 Å². The van der Waals surface area contributed by atoms with Crippen molar-refractivity contribution in [1.82, 2.24) is 0 Å². The second kappa shape index (κ2) is 6.73. The number of aliphatic hydroxyl groups is 1. The number of hydrogen-bond acceptors (Lipinski definition) is 2. The van der Waals surface area contributed by atoms with E-state index in [0.717, 1.165) is 19.3 Å². The van der Waals surface area contributed by atoms with E-state index >= 15 is 0 Å². The molecule has 2 atom stereocenters. The normalized spacial score (nSPS) is 21.1. The van der Waals surface area contributed by atoms with Crippen molar-refractivity contribution in [1.29, 1.82) is 0 Å². The maximum Gasteiger partial charge on any atom is 0.0677 e. The predicted molar refractivity (Wildman–Crippen MR) is 84.6 cm³/mol. The highest BCUT2D eigenvalue weighted by atomic mass is 16.3. The summed E-state index contributed by atoms with van der Waals surface area (Å²) in [5.74, 6) is 0.685. The lowest BCUT2D eigenvalue weighted by molar-refractivity contribution is -0.00503. The largest absolute Gasteiger partial charge is 0.392 e. The Labute approximate surface area is 123 Å². The van der Waals surface area contributed by atoms with E-state index in [9.17, 15) is 5.11 Å². The Bertz CT molecular complexity index is 395. The maximum absolute atomic E-state index is 11.1. The fraction of sp³-hybridized carbons (Fsp3) is 0.667. The van der Waals surface area contributed by atoms with E-state index in [1.165, 1.54) is 18.4 Å². The van der Waals surface area contributed by atoms with Crippen LogP contribution in [0, 0.1) is 11.3 Å². The molecule has 3 N–H and O–H groups in total. The zero-order valence-electron chi connectivity index (χ0n) is 12.9. The molecule has 1 aromatic carbocycles. The molecule has 0 heterocycles. The van der Waals surface area contributed by atoms with Crippen molar-refractivity contribution in [3.05, 3.63) is 35.9 Å². The van der Waals surface area contributed by atoms with Crippen LogP contribution >= 0.6 is 0 Å². The molecule has 1 aliphatic carbocycles. The van der Waals surface area contributed by atoms with Crippen molar-refractivity contribution in [2.75, 3.05) is 6.54 Å². The fourth-order valence-corrected chi connectivity index (χ4v) is 4.09. The topological polar surface area (TPSA) is 46.2 Å². The molecule has 1 aromatic rings. The molecule has 0 amide bonds. The van der Waals surface area contributed by atoms with E-state index in [2.05, 4.69) is 26.0 Å². The molecule has 0 bridgehead atoms. The summed E-state index contributed by atoms with van der Waals surface area (Å²) in [6.45, 7) is 5.03. The molecule has 0 saturated heterocycles. The molecule has 0 aromatic heterocycles. The van der Waals surface area contributed by atoms with E-state index in [1.54, 1.807) is 0 Å². The summed E-state index contributed by atoms with van der Waals surface area (Å²) in [5.41, 5.74) is 7.26. The van der Waals surface area contributed by atoms with Gasteiger partial charge in [-0.15, -0.1) is 0 Å². The highest BCUT2D eigenvalue weighted by Crippen LogP contribution is 2.49. The Morgan fingerprint density at radius 3 is 2.25 bits per heavy atom. The van der Waals surface area contributed by atoms with Gasteiger partial charge in [0.2, 0.25) is 0 Å². The SMILES string of the molecule is CC(C)CC1(C(O)C(CN)c2ccccc2)CCCC1. The molecule has 1 fully saturated rings. The lowest BCUT2D eigenvalue weighted by Crippen LogP contribution is -2.41. The molecular formula is C18H29NO. The fourth-order valence-electron chi connectivity index (χ4n) is 4.09. The zero-order valence-corrected chi connectivity index (χ0v) is 12.9. The Kier molecular flexibility index (Phi) is 5.22. The number of benzene rings is 1. The monoisotopic (exact) mass is 275 g/mol. The average molecular weight is 275 g/mol. The smallest absolute Gasteiger partial charge is 0.0677 e. The van der Waals surface area contributed by atoms with Crippen molar-refractivity contribution in [2.45, 2.75) is 58.0 Å². The first-order valence-corrected chi connectivity index (χ1v) is 8.02. The van der Waals surface area contributed by atoms with Gasteiger partial charge in [-0.1, -0.05) is 57.0 Å². The summed E-state index contributed by atoms with van der Waals surface area (Å²) in [4.78, 5) is 0. The van der Waals surface area contributed by atoms with E-state index in [1.807, 2.05) is 18.2 Å². The first-order chi connectivity index (χ1) is 9.59. The van der Waals surface area contributed by atoms with Crippen LogP contribution < -0.4 is 5.73 Å². The molecule has 0 radical (unpaired) electrons. The van der Waals surface area contributed by atoms with E-state index < -0.39 is 0 Å². The summed E-state index contributed by atoms with van der Waals surface area (Å²) >= 11 is 0. The lowest BCUT2D eigenvalue weighted by atomic mass is 9.69. The maximum atomic E-state index is 11.1. The first-order valence-electron chi connectivity index (χ1n) is 8.02. The van der Waals surface area contributed by atoms with E-state index in [-0.39, 0.29) is 17.4 Å². The van der Waals surface area contributed by atoms with Crippen molar-refractivity contribution in [2.24, 2.45) is 17.1 Å². The second-order valence-corrected chi connectivity index (χ2v) is 6.87. The molecular weight excluding hydrogens is 246 g/mol. The molecule has 0 spiro atoms. The quantitative estimate of drug-likeness (QED) is 0.831. The molecule has 1 saturated carbocycles. The third-order valence-corrected chi connectivity index (χ3v) is 4.90. The number of hydrogen-bond donors (Lipinski definition) is 2. The molecule has 2 rings (SSSR count). The third-order valence-electron chi connectivity index (χ3n) is 4.90. The van der Waals surface area contributed by atoms with Gasteiger partial charge in [0, 0.05) is 12.5 Å². The van der Waals surface area contributed by atoms with Crippen LogP contribution in [0.5, 0.6) is 0 Å². The number of aliphatic hydroxyl groups excluding tert-OH is 1. The molecule has 112 valence electrons.